The third-order valence-corrected chi connectivity index (χ3v) is 3.36. The van der Waals surface area contributed by atoms with Crippen molar-refractivity contribution in [2.24, 2.45) is 0 Å². The maximum atomic E-state index is 6.00. The van der Waals surface area contributed by atoms with Crippen LogP contribution in [0.2, 0.25) is 0 Å². The summed E-state index contributed by atoms with van der Waals surface area (Å²) < 4.78 is 0. The standard InChI is InChI=1S/C14H17N5/c1-9-4-2-3-5-11(9)17-14-18-12-6-7-16-8-10(12)13(15)19-14/h2-5,16H,6-8H2,1H3,(H3,15,17,18,19). The van der Waals surface area contributed by atoms with Gasteiger partial charge >= 0.3 is 0 Å². The first-order valence-electron chi connectivity index (χ1n) is 6.42. The van der Waals surface area contributed by atoms with Gasteiger partial charge in [-0.3, -0.25) is 0 Å². The highest BCUT2D eigenvalue weighted by Crippen LogP contribution is 2.22. The molecule has 0 saturated heterocycles. The number of aromatic nitrogens is 2. The number of para-hydroxylation sites is 1. The molecule has 5 nitrogen and oxygen atoms in total. The van der Waals surface area contributed by atoms with Gasteiger partial charge in [-0.25, -0.2) is 4.98 Å². The van der Waals surface area contributed by atoms with Gasteiger partial charge in [-0.1, -0.05) is 18.2 Å². The molecule has 1 aliphatic rings. The lowest BCUT2D eigenvalue weighted by molar-refractivity contribution is 0.629. The number of nitrogens with zero attached hydrogens (tertiary/aromatic N) is 2. The molecular formula is C14H17N5. The largest absolute Gasteiger partial charge is 0.383 e. The Morgan fingerprint density at radius 2 is 2.11 bits per heavy atom. The number of nitrogens with two attached hydrogens (primary N) is 1. The minimum atomic E-state index is 0.563. The number of hydrogen-bond donors (Lipinski definition) is 3. The van der Waals surface area contributed by atoms with E-state index >= 15 is 0 Å². The Kier molecular flexibility index (Phi) is 3.05. The normalized spacial score (nSPS) is 13.9. The van der Waals surface area contributed by atoms with Crippen LogP contribution in [0.4, 0.5) is 17.5 Å². The zero-order valence-electron chi connectivity index (χ0n) is 10.9. The minimum Gasteiger partial charge on any atom is -0.383 e. The third-order valence-electron chi connectivity index (χ3n) is 3.36. The second kappa shape index (κ2) is 4.85. The molecule has 98 valence electrons. The molecule has 0 atom stereocenters. The number of anilines is 3. The summed E-state index contributed by atoms with van der Waals surface area (Å²) in [4.78, 5) is 8.91. The highest BCUT2D eigenvalue weighted by molar-refractivity contribution is 5.60. The van der Waals surface area contributed by atoms with E-state index in [4.69, 9.17) is 5.73 Å². The smallest absolute Gasteiger partial charge is 0.229 e. The Morgan fingerprint density at radius 3 is 2.95 bits per heavy atom. The van der Waals surface area contributed by atoms with Crippen LogP contribution in [0.1, 0.15) is 16.8 Å². The van der Waals surface area contributed by atoms with Crippen molar-refractivity contribution in [1.29, 1.82) is 0 Å². The molecule has 0 aliphatic carbocycles. The van der Waals surface area contributed by atoms with Crippen molar-refractivity contribution in [2.75, 3.05) is 17.6 Å². The van der Waals surface area contributed by atoms with Gasteiger partial charge in [-0.05, 0) is 18.6 Å². The van der Waals surface area contributed by atoms with Gasteiger partial charge in [-0.2, -0.15) is 4.98 Å². The summed E-state index contributed by atoms with van der Waals surface area (Å²) in [5, 5.41) is 6.52. The number of benzene rings is 1. The summed E-state index contributed by atoms with van der Waals surface area (Å²) in [6.45, 7) is 3.74. The van der Waals surface area contributed by atoms with E-state index < -0.39 is 0 Å². The number of hydrogen-bond acceptors (Lipinski definition) is 5. The molecule has 0 unspecified atom stereocenters. The molecule has 0 amide bonds. The monoisotopic (exact) mass is 255 g/mol. The summed E-state index contributed by atoms with van der Waals surface area (Å²) in [6, 6.07) is 8.05. The average molecular weight is 255 g/mol. The summed E-state index contributed by atoms with van der Waals surface area (Å²) in [6.07, 6.45) is 0.893. The zero-order valence-corrected chi connectivity index (χ0v) is 10.9. The molecule has 0 bridgehead atoms. The molecule has 0 fully saturated rings. The van der Waals surface area contributed by atoms with E-state index in [1.165, 1.54) is 0 Å². The maximum absolute atomic E-state index is 6.00. The van der Waals surface area contributed by atoms with Crippen molar-refractivity contribution >= 4 is 17.5 Å². The van der Waals surface area contributed by atoms with Crippen LogP contribution in [-0.4, -0.2) is 16.5 Å². The predicted octanol–water partition coefficient (Wildman–Crippen LogP) is 1.76. The van der Waals surface area contributed by atoms with Crippen LogP contribution in [-0.2, 0) is 13.0 Å². The molecule has 5 heteroatoms. The van der Waals surface area contributed by atoms with Gasteiger partial charge in [0, 0.05) is 30.8 Å². The van der Waals surface area contributed by atoms with Gasteiger partial charge in [0.2, 0.25) is 5.95 Å². The van der Waals surface area contributed by atoms with Gasteiger partial charge in [0.05, 0.1) is 5.69 Å². The molecule has 19 heavy (non-hydrogen) atoms. The first kappa shape index (κ1) is 11.9. The molecule has 1 aliphatic heterocycles. The Morgan fingerprint density at radius 1 is 1.26 bits per heavy atom. The van der Waals surface area contributed by atoms with Crippen molar-refractivity contribution in [2.45, 2.75) is 19.9 Å². The number of nitrogens with one attached hydrogen (secondary N) is 2. The molecule has 3 rings (SSSR count). The molecule has 4 N–H and O–H groups in total. The Labute approximate surface area is 112 Å². The van der Waals surface area contributed by atoms with Crippen LogP contribution in [0.3, 0.4) is 0 Å². The van der Waals surface area contributed by atoms with Gasteiger partial charge < -0.3 is 16.4 Å². The summed E-state index contributed by atoms with van der Waals surface area (Å²) in [5.41, 5.74) is 10.2. The molecule has 2 aromatic rings. The van der Waals surface area contributed by atoms with Crippen molar-refractivity contribution in [3.8, 4) is 0 Å². The summed E-state index contributed by atoms with van der Waals surface area (Å²) >= 11 is 0. The Hall–Kier alpha value is -2.14. The Bertz CT molecular complexity index is 609. The lowest BCUT2D eigenvalue weighted by Crippen LogP contribution is -2.26. The first-order chi connectivity index (χ1) is 9.24. The second-order valence-corrected chi connectivity index (χ2v) is 4.72. The van der Waals surface area contributed by atoms with E-state index in [2.05, 4.69) is 20.6 Å². The highest BCUT2D eigenvalue weighted by Gasteiger charge is 2.15. The summed E-state index contributed by atoms with van der Waals surface area (Å²) in [5.74, 6) is 1.14. The van der Waals surface area contributed by atoms with Crippen LogP contribution in [0.25, 0.3) is 0 Å². The number of fused-ring (bicyclic) bond motifs is 1. The molecule has 0 spiro atoms. The van der Waals surface area contributed by atoms with E-state index in [1.54, 1.807) is 0 Å². The minimum absolute atomic E-state index is 0.563. The van der Waals surface area contributed by atoms with Gasteiger partial charge in [0.15, 0.2) is 0 Å². The summed E-state index contributed by atoms with van der Waals surface area (Å²) in [7, 11) is 0. The number of aryl methyl sites for hydroxylation is 1. The van der Waals surface area contributed by atoms with Crippen LogP contribution in [0.5, 0.6) is 0 Å². The van der Waals surface area contributed by atoms with Crippen LogP contribution < -0.4 is 16.4 Å². The molecule has 1 aromatic heterocycles. The van der Waals surface area contributed by atoms with Gasteiger partial charge in [0.1, 0.15) is 5.82 Å². The van der Waals surface area contributed by atoms with E-state index in [0.29, 0.717) is 11.8 Å². The lowest BCUT2D eigenvalue weighted by Gasteiger charge is -2.18. The van der Waals surface area contributed by atoms with Crippen molar-refractivity contribution in [3.05, 3.63) is 41.1 Å². The van der Waals surface area contributed by atoms with Gasteiger partial charge in [0.25, 0.3) is 0 Å². The number of rotatable bonds is 2. The quantitative estimate of drug-likeness (QED) is 0.762. The molecular weight excluding hydrogens is 238 g/mol. The topological polar surface area (TPSA) is 75.9 Å². The fourth-order valence-corrected chi connectivity index (χ4v) is 2.26. The van der Waals surface area contributed by atoms with E-state index in [0.717, 1.165) is 42.0 Å². The van der Waals surface area contributed by atoms with Crippen molar-refractivity contribution in [3.63, 3.8) is 0 Å². The predicted molar refractivity (Wildman–Crippen MR) is 76.3 cm³/mol. The molecule has 2 heterocycles. The van der Waals surface area contributed by atoms with E-state index in [9.17, 15) is 0 Å². The fourth-order valence-electron chi connectivity index (χ4n) is 2.26. The molecule has 1 aromatic carbocycles. The van der Waals surface area contributed by atoms with Crippen LogP contribution in [0.15, 0.2) is 24.3 Å². The zero-order chi connectivity index (χ0) is 13.2. The van der Waals surface area contributed by atoms with Crippen LogP contribution >= 0.6 is 0 Å². The van der Waals surface area contributed by atoms with E-state index in [-0.39, 0.29) is 0 Å². The first-order valence-corrected chi connectivity index (χ1v) is 6.42. The third kappa shape index (κ3) is 2.37. The van der Waals surface area contributed by atoms with Crippen molar-refractivity contribution < 1.29 is 0 Å². The number of nitrogen functional groups attached to an aromatic ring is 1. The fraction of sp³-hybridized carbons (Fsp3) is 0.286. The average Bonchev–Trinajstić information content (AvgIpc) is 2.42. The maximum Gasteiger partial charge on any atom is 0.229 e. The molecule has 0 saturated carbocycles. The highest BCUT2D eigenvalue weighted by atomic mass is 15.1. The Balaban J connectivity index is 1.94. The molecule has 0 radical (unpaired) electrons. The second-order valence-electron chi connectivity index (χ2n) is 4.72. The SMILES string of the molecule is Cc1ccccc1Nc1nc(N)c2c(n1)CCNC2. The van der Waals surface area contributed by atoms with Crippen molar-refractivity contribution in [1.82, 2.24) is 15.3 Å². The lowest BCUT2D eigenvalue weighted by atomic mass is 10.1. The van der Waals surface area contributed by atoms with Crippen LogP contribution in [0, 0.1) is 6.92 Å². The van der Waals surface area contributed by atoms with E-state index in [1.807, 2.05) is 31.2 Å². The van der Waals surface area contributed by atoms with Gasteiger partial charge in [-0.15, -0.1) is 0 Å².